The topological polar surface area (TPSA) is 35.8 Å². The summed E-state index contributed by atoms with van der Waals surface area (Å²) < 4.78 is 0.532. The molecule has 1 heterocycles. The maximum absolute atomic E-state index is 10.1. The first-order chi connectivity index (χ1) is 7.63. The zero-order chi connectivity index (χ0) is 11.7. The van der Waals surface area contributed by atoms with Crippen molar-refractivity contribution in [2.75, 3.05) is 6.26 Å². The maximum atomic E-state index is 10.1. The molecule has 0 spiro atoms. The summed E-state index contributed by atoms with van der Waals surface area (Å²) in [6, 6.07) is 5.29. The predicted molar refractivity (Wildman–Crippen MR) is 74.6 cm³/mol. The van der Waals surface area contributed by atoms with E-state index in [0.29, 0.717) is 9.34 Å². The number of fused-ring (bicyclic) bond motifs is 1. The Hall–Kier alpha value is -0.555. The van der Waals surface area contributed by atoms with E-state index >= 15 is 0 Å². The van der Waals surface area contributed by atoms with Crippen molar-refractivity contribution in [2.45, 2.75) is 0 Å². The van der Waals surface area contributed by atoms with Gasteiger partial charge in [0.1, 0.15) is 4.32 Å². The van der Waals surface area contributed by atoms with E-state index in [1.165, 1.54) is 16.7 Å². The van der Waals surface area contributed by atoms with Crippen molar-refractivity contribution >= 4 is 58.6 Å². The van der Waals surface area contributed by atoms with Gasteiger partial charge in [0, 0.05) is 5.02 Å². The maximum Gasteiger partial charge on any atom is 0.472 e. The number of rotatable bonds is 0. The summed E-state index contributed by atoms with van der Waals surface area (Å²) in [7, 11) is -0.836. The number of thiocarbonyl (C=S) groups is 1. The highest BCUT2D eigenvalue weighted by molar-refractivity contribution is 8.22. The summed E-state index contributed by atoms with van der Waals surface area (Å²) in [5.41, 5.74) is 1.58. The smallest absolute Gasteiger partial charge is 0.427 e. The average molecular weight is 271 g/mol. The summed E-state index contributed by atoms with van der Waals surface area (Å²) >= 11 is 12.3. The second-order valence-corrected chi connectivity index (χ2v) is 5.08. The zero-order valence-corrected chi connectivity index (χ0v) is 10.8. The Morgan fingerprint density at radius 1 is 1.62 bits per heavy atom. The third kappa shape index (κ3) is 2.11. The van der Waals surface area contributed by atoms with E-state index in [1.807, 2.05) is 6.26 Å². The number of benzene rings is 1. The van der Waals surface area contributed by atoms with Crippen LogP contribution in [0.3, 0.4) is 0 Å². The first-order valence-electron chi connectivity index (χ1n) is 4.52. The van der Waals surface area contributed by atoms with Gasteiger partial charge >= 0.3 is 7.05 Å². The highest BCUT2D eigenvalue weighted by atomic mass is 35.5. The lowest BCUT2D eigenvalue weighted by Crippen LogP contribution is -2.51. The molecule has 7 heteroatoms. The van der Waals surface area contributed by atoms with E-state index in [1.54, 1.807) is 24.4 Å². The van der Waals surface area contributed by atoms with Crippen molar-refractivity contribution in [2.24, 2.45) is 5.10 Å². The van der Waals surface area contributed by atoms with E-state index in [2.05, 4.69) is 5.10 Å². The highest BCUT2D eigenvalue weighted by Crippen LogP contribution is 2.15. The van der Waals surface area contributed by atoms with Crippen LogP contribution >= 0.6 is 35.6 Å². The van der Waals surface area contributed by atoms with Gasteiger partial charge in [-0.15, -0.1) is 0 Å². The van der Waals surface area contributed by atoms with Gasteiger partial charge in [0.25, 0.3) is 0 Å². The monoisotopic (exact) mass is 270 g/mol. The van der Waals surface area contributed by atoms with Crippen LogP contribution < -0.4 is 5.46 Å². The van der Waals surface area contributed by atoms with Crippen LogP contribution in [-0.4, -0.2) is 33.8 Å². The third-order valence-corrected chi connectivity index (χ3v) is 3.70. The molecule has 0 aromatic heterocycles. The molecule has 0 bridgehead atoms. The van der Waals surface area contributed by atoms with E-state index in [0.717, 1.165) is 11.0 Å². The van der Waals surface area contributed by atoms with Gasteiger partial charge in [0.2, 0.25) is 0 Å². The molecule has 1 N–H and O–H groups in total. The van der Waals surface area contributed by atoms with Gasteiger partial charge in [-0.3, -0.25) is 4.92 Å². The van der Waals surface area contributed by atoms with Crippen LogP contribution in [0.15, 0.2) is 23.3 Å². The molecular weight excluding hydrogens is 263 g/mol. The molecule has 0 amide bonds. The molecule has 82 valence electrons. The van der Waals surface area contributed by atoms with Gasteiger partial charge < -0.3 is 5.02 Å². The third-order valence-electron chi connectivity index (χ3n) is 2.24. The fourth-order valence-electron chi connectivity index (χ4n) is 1.45. The summed E-state index contributed by atoms with van der Waals surface area (Å²) in [5.74, 6) is 0. The first kappa shape index (κ1) is 11.9. The number of halogens is 1. The molecular formula is C9H8BClN2OS2. The Morgan fingerprint density at radius 3 is 3.06 bits per heavy atom. The average Bonchev–Trinajstić information content (AvgIpc) is 2.28. The molecule has 16 heavy (non-hydrogen) atoms. The van der Waals surface area contributed by atoms with E-state index in [9.17, 15) is 5.02 Å². The first-order valence-corrected chi connectivity index (χ1v) is 6.53. The van der Waals surface area contributed by atoms with Crippen LogP contribution in [0.25, 0.3) is 0 Å². The van der Waals surface area contributed by atoms with Crippen molar-refractivity contribution in [3.63, 3.8) is 0 Å². The summed E-state index contributed by atoms with van der Waals surface area (Å²) in [5, 5.41) is 14.8. The predicted octanol–water partition coefficient (Wildman–Crippen LogP) is 1.32. The number of thioether (sulfide) groups is 1. The minimum absolute atomic E-state index is 0.532. The van der Waals surface area contributed by atoms with Gasteiger partial charge in [0.15, 0.2) is 0 Å². The lowest BCUT2D eigenvalue weighted by Gasteiger charge is -2.25. The Morgan fingerprint density at radius 2 is 2.38 bits per heavy atom. The molecule has 0 aliphatic carbocycles. The van der Waals surface area contributed by atoms with E-state index < -0.39 is 7.05 Å². The molecule has 0 saturated heterocycles. The number of nitrogens with zero attached hydrogens (tertiary/aromatic N) is 2. The summed E-state index contributed by atoms with van der Waals surface area (Å²) in [6.45, 7) is 0. The van der Waals surface area contributed by atoms with Gasteiger partial charge in [-0.2, -0.15) is 5.10 Å². The number of hydrazone groups is 1. The number of hydrogen-bond acceptors (Lipinski definition) is 4. The Balaban J connectivity index is 2.39. The lowest BCUT2D eigenvalue weighted by atomic mass is 9.70. The standard InChI is InChI=1S/C9H8BClN2OS2/c1-16-9(15)13-10(14)8-3-2-7(11)4-6(8)5-12-13/h2-5,14H,1H3. The van der Waals surface area contributed by atoms with Crippen LogP contribution in [0, 0.1) is 0 Å². The van der Waals surface area contributed by atoms with Crippen molar-refractivity contribution in [3.05, 3.63) is 28.8 Å². The summed E-state index contributed by atoms with van der Waals surface area (Å²) in [4.78, 5) is 1.41. The van der Waals surface area contributed by atoms with Crippen LogP contribution in [0.1, 0.15) is 5.56 Å². The van der Waals surface area contributed by atoms with E-state index in [-0.39, 0.29) is 0 Å². The van der Waals surface area contributed by atoms with Crippen molar-refractivity contribution in [1.82, 2.24) is 4.92 Å². The van der Waals surface area contributed by atoms with Gasteiger partial charge in [-0.1, -0.05) is 41.6 Å². The molecule has 1 aromatic carbocycles. The molecule has 3 nitrogen and oxygen atoms in total. The Kier molecular flexibility index (Phi) is 3.54. The van der Waals surface area contributed by atoms with Crippen LogP contribution in [0.2, 0.25) is 5.02 Å². The van der Waals surface area contributed by atoms with E-state index in [4.69, 9.17) is 23.8 Å². The molecule has 1 aromatic rings. The fraction of sp³-hybridized carbons (Fsp3) is 0.111. The van der Waals surface area contributed by atoms with Gasteiger partial charge in [0.05, 0.1) is 6.21 Å². The number of hydrogen-bond donors (Lipinski definition) is 1. The minimum atomic E-state index is -0.836. The normalized spacial score (nSPS) is 13.9. The Bertz CT molecular complexity index is 469. The second-order valence-electron chi connectivity index (χ2n) is 3.21. The largest absolute Gasteiger partial charge is 0.472 e. The Labute approximate surface area is 109 Å². The molecule has 0 unspecified atom stereocenters. The van der Waals surface area contributed by atoms with Crippen molar-refractivity contribution in [1.29, 1.82) is 0 Å². The lowest BCUT2D eigenvalue weighted by molar-refractivity contribution is 0.500. The van der Waals surface area contributed by atoms with Crippen molar-refractivity contribution < 1.29 is 5.02 Å². The molecule has 0 fully saturated rings. The molecule has 0 saturated carbocycles. The second kappa shape index (κ2) is 4.75. The minimum Gasteiger partial charge on any atom is -0.427 e. The molecule has 1 aliphatic heterocycles. The SMILES string of the molecule is CSC(=S)N1N=Cc2cc(Cl)ccc2B1O. The molecule has 0 atom stereocenters. The highest BCUT2D eigenvalue weighted by Gasteiger charge is 2.31. The van der Waals surface area contributed by atoms with Gasteiger partial charge in [-0.05, 0) is 29.4 Å². The molecule has 2 rings (SSSR count). The van der Waals surface area contributed by atoms with Gasteiger partial charge in [-0.25, -0.2) is 0 Å². The zero-order valence-electron chi connectivity index (χ0n) is 8.42. The molecule has 1 aliphatic rings. The molecule has 0 radical (unpaired) electrons. The van der Waals surface area contributed by atoms with Crippen molar-refractivity contribution in [3.8, 4) is 0 Å². The van der Waals surface area contributed by atoms with Crippen LogP contribution in [0.5, 0.6) is 0 Å². The fourth-order valence-corrected chi connectivity index (χ4v) is 2.11. The summed E-state index contributed by atoms with van der Waals surface area (Å²) in [6.07, 6.45) is 3.50. The quantitative estimate of drug-likeness (QED) is 0.570. The van der Waals surface area contributed by atoms with Crippen LogP contribution in [0.4, 0.5) is 0 Å². The van der Waals surface area contributed by atoms with Crippen LogP contribution in [-0.2, 0) is 0 Å².